The van der Waals surface area contributed by atoms with Gasteiger partial charge >= 0.3 is 12.6 Å². The van der Waals surface area contributed by atoms with E-state index in [9.17, 15) is 26.8 Å². The normalized spacial score (nSPS) is 11.6. The maximum absolute atomic E-state index is 12.9. The predicted octanol–water partition coefficient (Wildman–Crippen LogP) is 3.36. The molecule has 0 heterocycles. The zero-order valence-corrected chi connectivity index (χ0v) is 19.4. The fraction of sp³-hybridized carbons (Fsp3) is 0.333. The first-order valence-corrected chi connectivity index (χ1v) is 11.0. The Morgan fingerprint density at radius 3 is 2.27 bits per heavy atom. The zero-order chi connectivity index (χ0) is 24.9. The molecule has 2 rings (SSSR count). The summed E-state index contributed by atoms with van der Waals surface area (Å²) in [7, 11) is -0.160. The highest BCUT2D eigenvalue weighted by Gasteiger charge is 2.25. The second kappa shape index (κ2) is 10.6. The lowest BCUT2D eigenvalue weighted by atomic mass is 10.1. The topological polar surface area (TPSA) is 111 Å². The molecule has 0 aliphatic carbocycles. The molecule has 1 N–H and O–H groups in total. The van der Waals surface area contributed by atoms with Crippen LogP contribution in [0, 0.1) is 0 Å². The average Bonchev–Trinajstić information content (AvgIpc) is 2.77. The Morgan fingerprint density at radius 1 is 1.06 bits per heavy atom. The van der Waals surface area contributed by atoms with E-state index in [1.807, 2.05) is 0 Å². The number of halogens is 2. The van der Waals surface area contributed by atoms with Gasteiger partial charge in [0.1, 0.15) is 0 Å². The van der Waals surface area contributed by atoms with E-state index >= 15 is 0 Å². The Bertz CT molecular complexity index is 1140. The molecule has 2 aromatic carbocycles. The molecule has 0 aliphatic rings. The maximum atomic E-state index is 12.9. The highest BCUT2D eigenvalue weighted by Crippen LogP contribution is 2.35. The molecule has 2 aromatic rings. The molecule has 33 heavy (non-hydrogen) atoms. The van der Waals surface area contributed by atoms with Gasteiger partial charge in [-0.25, -0.2) is 13.2 Å². The zero-order valence-electron chi connectivity index (χ0n) is 18.6. The number of alkyl halides is 2. The monoisotopic (exact) mass is 486 g/mol. The van der Waals surface area contributed by atoms with Crippen molar-refractivity contribution in [2.75, 3.05) is 26.6 Å². The molecule has 0 spiro atoms. The first-order valence-electron chi connectivity index (χ1n) is 9.57. The highest BCUT2D eigenvalue weighted by molar-refractivity contribution is 7.89. The van der Waals surface area contributed by atoms with Crippen LogP contribution in [-0.2, 0) is 14.8 Å². The number of hydrogen-bond acceptors (Lipinski definition) is 7. The predicted molar refractivity (Wildman–Crippen MR) is 115 cm³/mol. The van der Waals surface area contributed by atoms with E-state index in [1.165, 1.54) is 38.4 Å². The van der Waals surface area contributed by atoms with Gasteiger partial charge in [-0.1, -0.05) is 6.07 Å². The van der Waals surface area contributed by atoms with Crippen molar-refractivity contribution in [1.29, 1.82) is 0 Å². The summed E-state index contributed by atoms with van der Waals surface area (Å²) >= 11 is 0. The van der Waals surface area contributed by atoms with Crippen molar-refractivity contribution < 1.29 is 41.0 Å². The van der Waals surface area contributed by atoms with E-state index in [1.54, 1.807) is 13.8 Å². The first kappa shape index (κ1) is 26.0. The molecule has 0 radical (unpaired) electrons. The second-order valence-corrected chi connectivity index (χ2v) is 9.01. The molecule has 1 amide bonds. The summed E-state index contributed by atoms with van der Waals surface area (Å²) in [4.78, 5) is 24.9. The van der Waals surface area contributed by atoms with Crippen LogP contribution < -0.4 is 14.8 Å². The minimum Gasteiger partial charge on any atom is -0.493 e. The summed E-state index contributed by atoms with van der Waals surface area (Å²) in [6.45, 7) is 0.211. The molecule has 0 saturated carbocycles. The van der Waals surface area contributed by atoms with Crippen LogP contribution in [0.1, 0.15) is 34.6 Å². The molecular formula is C21H24F2N2O7S. The number of methoxy groups -OCH3 is 2. The number of benzene rings is 2. The van der Waals surface area contributed by atoms with Crippen LogP contribution in [-0.4, -0.2) is 58.5 Å². The number of carbonyl (C=O) groups excluding carboxylic acids is 2. The van der Waals surface area contributed by atoms with Crippen molar-refractivity contribution in [2.45, 2.75) is 31.4 Å². The van der Waals surface area contributed by atoms with Gasteiger partial charge in [-0.3, -0.25) is 4.79 Å². The van der Waals surface area contributed by atoms with Crippen molar-refractivity contribution in [3.05, 3.63) is 47.5 Å². The third-order valence-corrected chi connectivity index (χ3v) is 6.70. The number of sulfonamides is 1. The van der Waals surface area contributed by atoms with Crippen LogP contribution in [0.2, 0.25) is 0 Å². The quantitative estimate of drug-likeness (QED) is 0.541. The summed E-state index contributed by atoms with van der Waals surface area (Å²) in [5, 5.41) is 2.41. The number of anilines is 1. The first-order chi connectivity index (χ1) is 15.4. The molecule has 0 atom stereocenters. The Morgan fingerprint density at radius 2 is 1.73 bits per heavy atom. The van der Waals surface area contributed by atoms with Gasteiger partial charge in [-0.2, -0.15) is 13.1 Å². The Kier molecular flexibility index (Phi) is 8.34. The van der Waals surface area contributed by atoms with E-state index in [0.717, 1.165) is 23.5 Å². The van der Waals surface area contributed by atoms with Crippen LogP contribution in [0.5, 0.6) is 11.5 Å². The van der Waals surface area contributed by atoms with Gasteiger partial charge < -0.3 is 19.5 Å². The number of ether oxygens (including phenoxy) is 3. The van der Waals surface area contributed by atoms with Crippen LogP contribution in [0.3, 0.4) is 0 Å². The van der Waals surface area contributed by atoms with E-state index in [2.05, 4.69) is 14.8 Å². The molecule has 9 nitrogen and oxygen atoms in total. The largest absolute Gasteiger partial charge is 0.493 e. The fourth-order valence-electron chi connectivity index (χ4n) is 2.73. The minimum atomic E-state index is -3.86. The van der Waals surface area contributed by atoms with Crippen LogP contribution in [0.4, 0.5) is 14.5 Å². The van der Waals surface area contributed by atoms with Crippen molar-refractivity contribution in [2.24, 2.45) is 0 Å². The number of hydrogen-bond donors (Lipinski definition) is 1. The van der Waals surface area contributed by atoms with Gasteiger partial charge in [-0.05, 0) is 32.0 Å². The van der Waals surface area contributed by atoms with Crippen LogP contribution in [0.25, 0.3) is 0 Å². The number of rotatable bonds is 9. The lowest BCUT2D eigenvalue weighted by Crippen LogP contribution is -2.33. The molecule has 0 unspecified atom stereocenters. The number of nitrogens with one attached hydrogen (secondary N) is 1. The Hall–Kier alpha value is -3.25. The van der Waals surface area contributed by atoms with Crippen molar-refractivity contribution in [1.82, 2.24) is 4.31 Å². The van der Waals surface area contributed by atoms with Crippen LogP contribution >= 0.6 is 0 Å². The van der Waals surface area contributed by atoms with Crippen molar-refractivity contribution in [3.63, 3.8) is 0 Å². The van der Waals surface area contributed by atoms with E-state index in [0.29, 0.717) is 0 Å². The molecule has 180 valence electrons. The van der Waals surface area contributed by atoms with Crippen molar-refractivity contribution in [3.8, 4) is 11.5 Å². The fourth-order valence-corrected chi connectivity index (χ4v) is 4.14. The molecule has 0 aliphatic heterocycles. The molecular weight excluding hydrogens is 462 g/mol. The summed E-state index contributed by atoms with van der Waals surface area (Å²) in [6.07, 6.45) is 0. The molecule has 0 saturated heterocycles. The second-order valence-electron chi connectivity index (χ2n) is 7.02. The van der Waals surface area contributed by atoms with Crippen LogP contribution in [0.15, 0.2) is 41.3 Å². The van der Waals surface area contributed by atoms with Gasteiger partial charge in [0.05, 0.1) is 30.4 Å². The number of esters is 1. The van der Waals surface area contributed by atoms with Gasteiger partial charge in [0.25, 0.3) is 5.91 Å². The summed E-state index contributed by atoms with van der Waals surface area (Å²) in [5.41, 5.74) is -0.431. The molecule has 0 fully saturated rings. The molecule has 0 bridgehead atoms. The van der Waals surface area contributed by atoms with E-state index in [-0.39, 0.29) is 33.5 Å². The summed E-state index contributed by atoms with van der Waals surface area (Å²) < 4.78 is 66.2. The highest BCUT2D eigenvalue weighted by atomic mass is 32.2. The standard InChI is InChI=1S/C21H24F2N2O7S/c1-12(2)25(3)33(28,29)14-8-6-7-13(9-14)19(26)24-16-11-18(32-21(22)23)17(30-4)10-15(16)20(27)31-5/h6-12,21H,1-5H3,(H,24,26). The van der Waals surface area contributed by atoms with Gasteiger partial charge in [0.15, 0.2) is 11.5 Å². The minimum absolute atomic E-state index is 0.0452. The average molecular weight is 486 g/mol. The Labute approximate surface area is 190 Å². The lowest BCUT2D eigenvalue weighted by molar-refractivity contribution is -0.0511. The Balaban J connectivity index is 2.48. The molecule has 0 aromatic heterocycles. The van der Waals surface area contributed by atoms with Gasteiger partial charge in [-0.15, -0.1) is 0 Å². The summed E-state index contributed by atoms with van der Waals surface area (Å²) in [6, 6.07) is 7.01. The third-order valence-electron chi connectivity index (χ3n) is 4.67. The van der Waals surface area contributed by atoms with E-state index < -0.39 is 34.3 Å². The number of amides is 1. The number of carbonyl (C=O) groups is 2. The SMILES string of the molecule is COC(=O)c1cc(OC)c(OC(F)F)cc1NC(=O)c1cccc(S(=O)(=O)N(C)C(C)C)c1. The lowest BCUT2D eigenvalue weighted by Gasteiger charge is -2.21. The molecule has 12 heteroatoms. The van der Waals surface area contributed by atoms with E-state index in [4.69, 9.17) is 4.74 Å². The number of nitrogens with zero attached hydrogens (tertiary/aromatic N) is 1. The maximum Gasteiger partial charge on any atom is 0.387 e. The van der Waals surface area contributed by atoms with Crippen molar-refractivity contribution >= 4 is 27.6 Å². The smallest absolute Gasteiger partial charge is 0.387 e. The van der Waals surface area contributed by atoms with Gasteiger partial charge in [0, 0.05) is 30.8 Å². The third kappa shape index (κ3) is 5.96. The summed E-state index contributed by atoms with van der Waals surface area (Å²) in [5.74, 6) is -2.27. The van der Waals surface area contributed by atoms with Gasteiger partial charge in [0.2, 0.25) is 10.0 Å².